The predicted octanol–water partition coefficient (Wildman–Crippen LogP) is 2.59. The molecule has 2 aromatic rings. The number of hydrogen-bond donors (Lipinski definition) is 2. The van der Waals surface area contributed by atoms with Crippen molar-refractivity contribution in [1.29, 1.82) is 0 Å². The molecule has 126 valence electrons. The molecule has 0 aromatic heterocycles. The minimum Gasteiger partial charge on any atom is -0.497 e. The lowest BCUT2D eigenvalue weighted by Crippen LogP contribution is -2.23. The highest BCUT2D eigenvalue weighted by Gasteiger charge is 2.13. The number of benzene rings is 2. The summed E-state index contributed by atoms with van der Waals surface area (Å²) >= 11 is 0. The van der Waals surface area contributed by atoms with Gasteiger partial charge in [0.25, 0.3) is 5.91 Å². The van der Waals surface area contributed by atoms with Crippen LogP contribution in [0.1, 0.15) is 22.8 Å². The maximum atomic E-state index is 12.4. The third-order valence-electron chi connectivity index (χ3n) is 3.38. The van der Waals surface area contributed by atoms with Gasteiger partial charge in [0.1, 0.15) is 11.5 Å². The van der Waals surface area contributed by atoms with Crippen LogP contribution in [0.4, 0.5) is 5.69 Å². The molecule has 2 aromatic carbocycles. The number of ether oxygens (including phenoxy) is 2. The van der Waals surface area contributed by atoms with E-state index in [4.69, 9.17) is 9.47 Å². The van der Waals surface area contributed by atoms with Gasteiger partial charge in [0.15, 0.2) is 0 Å². The number of rotatable bonds is 6. The van der Waals surface area contributed by atoms with E-state index in [0.29, 0.717) is 23.5 Å². The molecule has 2 amide bonds. The van der Waals surface area contributed by atoms with Crippen LogP contribution in [-0.4, -0.2) is 26.0 Å². The third-order valence-corrected chi connectivity index (χ3v) is 3.38. The molecule has 0 aliphatic rings. The van der Waals surface area contributed by atoms with Gasteiger partial charge in [-0.2, -0.15) is 0 Å². The van der Waals surface area contributed by atoms with Crippen LogP contribution in [0.25, 0.3) is 0 Å². The van der Waals surface area contributed by atoms with Crippen molar-refractivity contribution >= 4 is 17.5 Å². The molecule has 0 unspecified atom stereocenters. The maximum Gasteiger partial charge on any atom is 0.255 e. The van der Waals surface area contributed by atoms with Crippen LogP contribution in [0.3, 0.4) is 0 Å². The Kier molecular flexibility index (Phi) is 5.78. The first kappa shape index (κ1) is 17.3. The van der Waals surface area contributed by atoms with Gasteiger partial charge in [0.2, 0.25) is 5.91 Å². The van der Waals surface area contributed by atoms with Crippen molar-refractivity contribution in [2.24, 2.45) is 0 Å². The van der Waals surface area contributed by atoms with Crippen LogP contribution >= 0.6 is 0 Å². The molecule has 0 fully saturated rings. The summed E-state index contributed by atoms with van der Waals surface area (Å²) in [6.07, 6.45) is 0. The van der Waals surface area contributed by atoms with Crippen LogP contribution in [0.2, 0.25) is 0 Å². The van der Waals surface area contributed by atoms with Crippen LogP contribution in [0.5, 0.6) is 11.5 Å². The highest BCUT2D eigenvalue weighted by atomic mass is 16.5. The lowest BCUT2D eigenvalue weighted by Gasteiger charge is -2.12. The molecule has 24 heavy (non-hydrogen) atoms. The van der Waals surface area contributed by atoms with Gasteiger partial charge in [-0.15, -0.1) is 0 Å². The number of carbonyl (C=O) groups excluding carboxylic acids is 2. The Morgan fingerprint density at radius 1 is 1.00 bits per heavy atom. The van der Waals surface area contributed by atoms with E-state index in [1.165, 1.54) is 14.0 Å². The number of nitrogens with one attached hydrogen (secondary N) is 2. The fourth-order valence-corrected chi connectivity index (χ4v) is 2.19. The minimum absolute atomic E-state index is 0.204. The molecule has 0 bridgehead atoms. The zero-order valence-corrected chi connectivity index (χ0v) is 13.9. The molecule has 2 rings (SSSR count). The molecule has 2 N–H and O–H groups in total. The second kappa shape index (κ2) is 8.01. The summed E-state index contributed by atoms with van der Waals surface area (Å²) in [4.78, 5) is 23.6. The summed E-state index contributed by atoms with van der Waals surface area (Å²) in [5.74, 6) is 0.714. The van der Waals surface area contributed by atoms with Gasteiger partial charge in [-0.25, -0.2) is 0 Å². The van der Waals surface area contributed by atoms with Gasteiger partial charge in [-0.05, 0) is 35.9 Å². The first-order valence-electron chi connectivity index (χ1n) is 7.40. The Hall–Kier alpha value is -3.02. The topological polar surface area (TPSA) is 76.7 Å². The number of hydrogen-bond acceptors (Lipinski definition) is 4. The molecule has 0 radical (unpaired) electrons. The number of carbonyl (C=O) groups is 2. The van der Waals surface area contributed by atoms with E-state index >= 15 is 0 Å². The van der Waals surface area contributed by atoms with Crippen molar-refractivity contribution in [3.05, 3.63) is 53.6 Å². The summed E-state index contributed by atoms with van der Waals surface area (Å²) in [5, 5.41) is 5.48. The number of amides is 2. The molecular weight excluding hydrogens is 308 g/mol. The molecule has 0 atom stereocenters. The Morgan fingerprint density at radius 3 is 2.29 bits per heavy atom. The summed E-state index contributed by atoms with van der Waals surface area (Å²) in [5.41, 5.74) is 1.84. The van der Waals surface area contributed by atoms with Crippen molar-refractivity contribution in [3.63, 3.8) is 0 Å². The zero-order chi connectivity index (χ0) is 17.5. The Bertz CT molecular complexity index is 726. The van der Waals surface area contributed by atoms with Crippen molar-refractivity contribution in [3.8, 4) is 11.5 Å². The van der Waals surface area contributed by atoms with Crippen LogP contribution in [0, 0.1) is 0 Å². The largest absolute Gasteiger partial charge is 0.497 e. The highest BCUT2D eigenvalue weighted by Crippen LogP contribution is 2.23. The summed E-state index contributed by atoms with van der Waals surface area (Å²) in [6.45, 7) is 1.78. The van der Waals surface area contributed by atoms with E-state index in [2.05, 4.69) is 10.6 Å². The molecule has 0 aliphatic heterocycles. The monoisotopic (exact) mass is 328 g/mol. The van der Waals surface area contributed by atoms with E-state index in [1.807, 2.05) is 24.3 Å². The van der Waals surface area contributed by atoms with Gasteiger partial charge in [-0.3, -0.25) is 9.59 Å². The molecule has 0 aliphatic carbocycles. The maximum absolute atomic E-state index is 12.4. The second-order valence-corrected chi connectivity index (χ2v) is 5.13. The molecular formula is C18H20N2O4. The fourth-order valence-electron chi connectivity index (χ4n) is 2.19. The first-order valence-corrected chi connectivity index (χ1v) is 7.40. The van der Waals surface area contributed by atoms with Crippen LogP contribution < -0.4 is 20.1 Å². The Balaban J connectivity index is 2.10. The van der Waals surface area contributed by atoms with E-state index in [-0.39, 0.29) is 11.8 Å². The summed E-state index contributed by atoms with van der Waals surface area (Å²) in [6, 6.07) is 12.3. The van der Waals surface area contributed by atoms with Crippen molar-refractivity contribution in [2.45, 2.75) is 13.5 Å². The third kappa shape index (κ3) is 4.49. The molecule has 0 heterocycles. The average Bonchev–Trinajstić information content (AvgIpc) is 2.59. The lowest BCUT2D eigenvalue weighted by molar-refractivity contribution is -0.114. The average molecular weight is 328 g/mol. The highest BCUT2D eigenvalue weighted by molar-refractivity contribution is 5.99. The van der Waals surface area contributed by atoms with E-state index in [1.54, 1.807) is 25.3 Å². The van der Waals surface area contributed by atoms with E-state index < -0.39 is 0 Å². The van der Waals surface area contributed by atoms with Crippen molar-refractivity contribution in [2.75, 3.05) is 19.5 Å². The number of anilines is 1. The van der Waals surface area contributed by atoms with E-state index in [9.17, 15) is 9.59 Å². The fraction of sp³-hybridized carbons (Fsp3) is 0.222. The van der Waals surface area contributed by atoms with Gasteiger partial charge in [0, 0.05) is 19.2 Å². The minimum atomic E-state index is -0.283. The Labute approximate surface area is 140 Å². The summed E-state index contributed by atoms with van der Waals surface area (Å²) in [7, 11) is 3.10. The molecule has 6 heteroatoms. The van der Waals surface area contributed by atoms with Gasteiger partial charge < -0.3 is 20.1 Å². The van der Waals surface area contributed by atoms with Gasteiger partial charge in [-0.1, -0.05) is 12.1 Å². The van der Waals surface area contributed by atoms with Gasteiger partial charge in [0.05, 0.1) is 19.8 Å². The van der Waals surface area contributed by atoms with Gasteiger partial charge >= 0.3 is 0 Å². The number of methoxy groups -OCH3 is 2. The summed E-state index contributed by atoms with van der Waals surface area (Å²) < 4.78 is 10.3. The normalized spacial score (nSPS) is 9.96. The zero-order valence-electron chi connectivity index (χ0n) is 13.9. The first-order chi connectivity index (χ1) is 11.5. The Morgan fingerprint density at radius 2 is 1.71 bits per heavy atom. The van der Waals surface area contributed by atoms with Crippen molar-refractivity contribution < 1.29 is 19.1 Å². The molecule has 0 spiro atoms. The standard InChI is InChI=1S/C18H20N2O4/c1-12(21)20-14-6-9-17(24-3)16(10-14)18(22)19-11-13-4-7-15(23-2)8-5-13/h4-10H,11H2,1-3H3,(H,19,22)(H,20,21). The van der Waals surface area contributed by atoms with Crippen molar-refractivity contribution in [1.82, 2.24) is 5.32 Å². The smallest absolute Gasteiger partial charge is 0.255 e. The van der Waals surface area contributed by atoms with Crippen LogP contribution in [0.15, 0.2) is 42.5 Å². The van der Waals surface area contributed by atoms with E-state index in [0.717, 1.165) is 11.3 Å². The lowest BCUT2D eigenvalue weighted by atomic mass is 10.1. The second-order valence-electron chi connectivity index (χ2n) is 5.13. The van der Waals surface area contributed by atoms with Crippen LogP contribution in [-0.2, 0) is 11.3 Å². The predicted molar refractivity (Wildman–Crippen MR) is 91.5 cm³/mol. The SMILES string of the molecule is COc1ccc(CNC(=O)c2cc(NC(C)=O)ccc2OC)cc1. The molecule has 0 saturated heterocycles. The molecule has 6 nitrogen and oxygen atoms in total. The quantitative estimate of drug-likeness (QED) is 0.854. The molecule has 0 saturated carbocycles.